The highest BCUT2D eigenvalue weighted by Gasteiger charge is 1.99. The molecule has 0 aromatic rings. The lowest BCUT2D eigenvalue weighted by Crippen LogP contribution is -2.04. The maximum absolute atomic E-state index is 11.1. The number of hydrogen-bond acceptors (Lipinski definition) is 2. The van der Waals surface area contributed by atoms with E-state index >= 15 is 0 Å². The van der Waals surface area contributed by atoms with Gasteiger partial charge in [0.1, 0.15) is 5.78 Å². The molecule has 0 atom stereocenters. The molecule has 0 aliphatic rings. The number of ether oxygens (including phenoxy) is 1. The monoisotopic (exact) mass is 182 g/mol. The van der Waals surface area contributed by atoms with Gasteiger partial charge in [-0.05, 0) is 13.3 Å². The zero-order valence-electron chi connectivity index (χ0n) is 8.56. The van der Waals surface area contributed by atoms with E-state index < -0.39 is 0 Å². The average molecular weight is 182 g/mol. The second-order valence-corrected chi connectivity index (χ2v) is 2.83. The first-order chi connectivity index (χ1) is 6.31. The van der Waals surface area contributed by atoms with Crippen molar-refractivity contribution in [3.63, 3.8) is 0 Å². The van der Waals surface area contributed by atoms with Crippen molar-refractivity contribution in [2.24, 2.45) is 0 Å². The fourth-order valence-electron chi connectivity index (χ4n) is 0.884. The summed E-state index contributed by atoms with van der Waals surface area (Å²) in [5, 5.41) is 0. The molecule has 0 aromatic heterocycles. The second kappa shape index (κ2) is 9.28. The van der Waals surface area contributed by atoms with Crippen LogP contribution in [0, 0.1) is 11.8 Å². The van der Waals surface area contributed by atoms with E-state index in [1.165, 1.54) is 0 Å². The minimum absolute atomic E-state index is 0.249. The molecular weight excluding hydrogens is 164 g/mol. The molecule has 0 aromatic carbocycles. The van der Waals surface area contributed by atoms with Crippen molar-refractivity contribution in [3.8, 4) is 11.8 Å². The molecule has 0 heterocycles. The van der Waals surface area contributed by atoms with Gasteiger partial charge in [0.2, 0.25) is 0 Å². The molecule has 0 bridgehead atoms. The summed E-state index contributed by atoms with van der Waals surface area (Å²) >= 11 is 0. The average Bonchev–Trinajstić information content (AvgIpc) is 2.13. The van der Waals surface area contributed by atoms with Gasteiger partial charge < -0.3 is 4.74 Å². The van der Waals surface area contributed by atoms with Gasteiger partial charge >= 0.3 is 0 Å². The Bertz CT molecular complexity index is 186. The van der Waals surface area contributed by atoms with Crippen LogP contribution >= 0.6 is 0 Å². The topological polar surface area (TPSA) is 26.3 Å². The molecule has 0 saturated heterocycles. The summed E-state index contributed by atoms with van der Waals surface area (Å²) in [5.41, 5.74) is 0. The van der Waals surface area contributed by atoms with E-state index in [0.717, 1.165) is 13.0 Å². The first-order valence-electron chi connectivity index (χ1n) is 4.80. The van der Waals surface area contributed by atoms with E-state index in [-0.39, 0.29) is 5.78 Å². The lowest BCUT2D eigenvalue weighted by Gasteiger charge is -2.00. The van der Waals surface area contributed by atoms with E-state index in [0.29, 0.717) is 25.9 Å². The molecule has 0 spiro atoms. The van der Waals surface area contributed by atoms with E-state index in [4.69, 9.17) is 4.74 Å². The number of ketones is 1. The van der Waals surface area contributed by atoms with Gasteiger partial charge in [0, 0.05) is 25.9 Å². The second-order valence-electron chi connectivity index (χ2n) is 2.83. The first kappa shape index (κ1) is 12.2. The Morgan fingerprint density at radius 3 is 2.69 bits per heavy atom. The van der Waals surface area contributed by atoms with Crippen molar-refractivity contribution in [1.29, 1.82) is 0 Å². The van der Waals surface area contributed by atoms with Crippen LogP contribution in [0.25, 0.3) is 0 Å². The van der Waals surface area contributed by atoms with Crippen molar-refractivity contribution in [3.05, 3.63) is 0 Å². The molecular formula is C11H18O2. The maximum atomic E-state index is 11.1. The molecule has 2 nitrogen and oxygen atoms in total. The predicted molar refractivity (Wildman–Crippen MR) is 53.4 cm³/mol. The third-order valence-electron chi connectivity index (χ3n) is 1.58. The third kappa shape index (κ3) is 9.10. The quantitative estimate of drug-likeness (QED) is 0.445. The Labute approximate surface area is 80.7 Å². The number of carbonyl (C=O) groups excluding carboxylic acids is 1. The molecule has 2 heteroatoms. The van der Waals surface area contributed by atoms with Gasteiger partial charge in [0.15, 0.2) is 0 Å². The van der Waals surface area contributed by atoms with Crippen LogP contribution in [-0.2, 0) is 9.53 Å². The SMILES string of the molecule is CC#CCCC(=O)CCOCCC. The summed E-state index contributed by atoms with van der Waals surface area (Å²) in [6.45, 7) is 5.15. The van der Waals surface area contributed by atoms with Gasteiger partial charge in [-0.15, -0.1) is 11.8 Å². The predicted octanol–water partition coefficient (Wildman–Crippen LogP) is 2.18. The zero-order valence-corrected chi connectivity index (χ0v) is 8.56. The summed E-state index contributed by atoms with van der Waals surface area (Å²) in [6, 6.07) is 0. The molecule has 74 valence electrons. The Morgan fingerprint density at radius 2 is 2.08 bits per heavy atom. The third-order valence-corrected chi connectivity index (χ3v) is 1.58. The number of hydrogen-bond donors (Lipinski definition) is 0. The van der Waals surface area contributed by atoms with Crippen LogP contribution in [-0.4, -0.2) is 19.0 Å². The fourth-order valence-corrected chi connectivity index (χ4v) is 0.884. The van der Waals surface area contributed by atoms with Crippen molar-refractivity contribution in [2.45, 2.75) is 39.5 Å². The highest BCUT2D eigenvalue weighted by molar-refractivity contribution is 5.78. The molecule has 13 heavy (non-hydrogen) atoms. The Morgan fingerprint density at radius 1 is 1.31 bits per heavy atom. The first-order valence-corrected chi connectivity index (χ1v) is 4.80. The molecule has 0 fully saturated rings. The van der Waals surface area contributed by atoms with Crippen LogP contribution in [0.2, 0.25) is 0 Å². The zero-order chi connectivity index (χ0) is 9.94. The number of Topliss-reactive ketones (excluding diaryl/α,β-unsaturated/α-hetero) is 1. The van der Waals surface area contributed by atoms with Gasteiger partial charge in [-0.3, -0.25) is 4.79 Å². The summed E-state index contributed by atoms with van der Waals surface area (Å²) in [6.07, 6.45) is 2.79. The largest absolute Gasteiger partial charge is 0.381 e. The van der Waals surface area contributed by atoms with E-state index in [1.807, 2.05) is 0 Å². The molecule has 0 aliphatic heterocycles. The van der Waals surface area contributed by atoms with E-state index in [2.05, 4.69) is 18.8 Å². The summed E-state index contributed by atoms with van der Waals surface area (Å²) in [7, 11) is 0. The van der Waals surface area contributed by atoms with E-state index in [1.54, 1.807) is 6.92 Å². The van der Waals surface area contributed by atoms with Crippen LogP contribution in [0.15, 0.2) is 0 Å². The highest BCUT2D eigenvalue weighted by Crippen LogP contribution is 1.95. The van der Waals surface area contributed by atoms with Gasteiger partial charge in [0.05, 0.1) is 6.61 Å². The lowest BCUT2D eigenvalue weighted by atomic mass is 10.2. The Balaban J connectivity index is 3.23. The van der Waals surface area contributed by atoms with Gasteiger partial charge in [-0.2, -0.15) is 0 Å². The van der Waals surface area contributed by atoms with Crippen molar-refractivity contribution >= 4 is 5.78 Å². The van der Waals surface area contributed by atoms with Crippen LogP contribution in [0.1, 0.15) is 39.5 Å². The van der Waals surface area contributed by atoms with Crippen molar-refractivity contribution < 1.29 is 9.53 Å². The summed E-state index contributed by atoms with van der Waals surface area (Å²) in [4.78, 5) is 11.1. The molecule has 0 radical (unpaired) electrons. The molecule has 0 rings (SSSR count). The number of rotatable bonds is 7. The highest BCUT2D eigenvalue weighted by atomic mass is 16.5. The van der Waals surface area contributed by atoms with Crippen LogP contribution in [0.4, 0.5) is 0 Å². The molecule has 0 aliphatic carbocycles. The Kier molecular flexibility index (Phi) is 8.70. The molecule has 0 unspecified atom stereocenters. The van der Waals surface area contributed by atoms with Gasteiger partial charge in [-0.1, -0.05) is 6.92 Å². The lowest BCUT2D eigenvalue weighted by molar-refractivity contribution is -0.120. The standard InChI is InChI=1S/C11H18O2/c1-3-5-6-7-11(12)8-10-13-9-4-2/h4,6-10H2,1-2H3. The van der Waals surface area contributed by atoms with Crippen molar-refractivity contribution in [1.82, 2.24) is 0 Å². The number of carbonyl (C=O) groups is 1. The minimum atomic E-state index is 0.249. The molecule has 0 N–H and O–H groups in total. The normalized spacial score (nSPS) is 9.08. The van der Waals surface area contributed by atoms with Crippen LogP contribution in [0.3, 0.4) is 0 Å². The van der Waals surface area contributed by atoms with Crippen molar-refractivity contribution in [2.75, 3.05) is 13.2 Å². The van der Waals surface area contributed by atoms with Gasteiger partial charge in [-0.25, -0.2) is 0 Å². The summed E-state index contributed by atoms with van der Waals surface area (Å²) in [5.74, 6) is 5.88. The minimum Gasteiger partial charge on any atom is -0.381 e. The maximum Gasteiger partial charge on any atom is 0.136 e. The smallest absolute Gasteiger partial charge is 0.136 e. The molecule has 0 saturated carbocycles. The van der Waals surface area contributed by atoms with E-state index in [9.17, 15) is 4.79 Å². The summed E-state index contributed by atoms with van der Waals surface area (Å²) < 4.78 is 5.20. The van der Waals surface area contributed by atoms with Crippen LogP contribution in [0.5, 0.6) is 0 Å². The van der Waals surface area contributed by atoms with Gasteiger partial charge in [0.25, 0.3) is 0 Å². The van der Waals surface area contributed by atoms with Crippen LogP contribution < -0.4 is 0 Å². The fraction of sp³-hybridized carbons (Fsp3) is 0.727. The molecule has 0 amide bonds. The Hall–Kier alpha value is -0.810.